The third-order valence-electron chi connectivity index (χ3n) is 5.09. The number of carbonyl (C=O) groups is 2. The predicted molar refractivity (Wildman–Crippen MR) is 117 cm³/mol. The van der Waals surface area contributed by atoms with E-state index in [-0.39, 0.29) is 5.91 Å². The lowest BCUT2D eigenvalue weighted by Gasteiger charge is -2.17. The standard InChI is InChI=1S/C25H27NO4/c1-4-5-15-26-18(2)23(25(28)29-3)21(24(26)27)16-20-13-9-10-14-22(20)30-17-19-11-7-6-8-12-19/h6-14,16H,4-5,15,17H2,1-3H3/b21-16-. The van der Waals surface area contributed by atoms with Gasteiger partial charge in [0.1, 0.15) is 12.4 Å². The molecule has 0 bridgehead atoms. The summed E-state index contributed by atoms with van der Waals surface area (Å²) in [6.07, 6.45) is 3.55. The molecular weight excluding hydrogens is 378 g/mol. The van der Waals surface area contributed by atoms with Crippen molar-refractivity contribution in [3.8, 4) is 5.75 Å². The van der Waals surface area contributed by atoms with Crippen LogP contribution in [0.3, 0.4) is 0 Å². The number of para-hydroxylation sites is 1. The summed E-state index contributed by atoms with van der Waals surface area (Å²) in [7, 11) is 1.33. The van der Waals surface area contributed by atoms with E-state index in [9.17, 15) is 9.59 Å². The lowest BCUT2D eigenvalue weighted by atomic mass is 10.0. The molecular formula is C25H27NO4. The van der Waals surface area contributed by atoms with E-state index in [0.29, 0.717) is 35.7 Å². The molecule has 0 fully saturated rings. The summed E-state index contributed by atoms with van der Waals surface area (Å²) in [5.74, 6) is -0.0384. The van der Waals surface area contributed by atoms with Crippen molar-refractivity contribution in [1.29, 1.82) is 0 Å². The van der Waals surface area contributed by atoms with Gasteiger partial charge >= 0.3 is 5.97 Å². The van der Waals surface area contributed by atoms with E-state index < -0.39 is 5.97 Å². The number of rotatable bonds is 8. The van der Waals surface area contributed by atoms with E-state index in [4.69, 9.17) is 9.47 Å². The highest BCUT2D eigenvalue weighted by molar-refractivity contribution is 6.16. The van der Waals surface area contributed by atoms with E-state index in [1.165, 1.54) is 7.11 Å². The van der Waals surface area contributed by atoms with Crippen molar-refractivity contribution in [3.63, 3.8) is 0 Å². The molecule has 2 aromatic carbocycles. The number of esters is 1. The van der Waals surface area contributed by atoms with Gasteiger partial charge in [-0.1, -0.05) is 61.9 Å². The largest absolute Gasteiger partial charge is 0.488 e. The van der Waals surface area contributed by atoms with Gasteiger partial charge in [-0.05, 0) is 31.1 Å². The Morgan fingerprint density at radius 1 is 1.07 bits per heavy atom. The molecule has 1 aliphatic rings. The summed E-state index contributed by atoms with van der Waals surface area (Å²) >= 11 is 0. The zero-order chi connectivity index (χ0) is 21.5. The first-order chi connectivity index (χ1) is 14.6. The Balaban J connectivity index is 1.94. The van der Waals surface area contributed by atoms with E-state index in [1.54, 1.807) is 17.9 Å². The van der Waals surface area contributed by atoms with Gasteiger partial charge in [0.25, 0.3) is 5.91 Å². The number of unbranched alkanes of at least 4 members (excludes halogenated alkanes) is 1. The van der Waals surface area contributed by atoms with Crippen LogP contribution in [-0.4, -0.2) is 30.4 Å². The van der Waals surface area contributed by atoms with Crippen molar-refractivity contribution in [2.45, 2.75) is 33.3 Å². The molecule has 0 saturated heterocycles. The Hall–Kier alpha value is -3.34. The lowest BCUT2D eigenvalue weighted by Crippen LogP contribution is -2.26. The number of nitrogens with zero attached hydrogens (tertiary/aromatic N) is 1. The fourth-order valence-corrected chi connectivity index (χ4v) is 3.44. The fraction of sp³-hybridized carbons (Fsp3) is 0.280. The minimum absolute atomic E-state index is 0.181. The summed E-state index contributed by atoms with van der Waals surface area (Å²) < 4.78 is 11.0. The van der Waals surface area contributed by atoms with Crippen molar-refractivity contribution < 1.29 is 19.1 Å². The van der Waals surface area contributed by atoms with E-state index in [2.05, 4.69) is 6.92 Å². The molecule has 30 heavy (non-hydrogen) atoms. The summed E-state index contributed by atoms with van der Waals surface area (Å²) in [6.45, 7) is 4.85. The SMILES string of the molecule is CCCCN1C(=O)/C(=C\c2ccccc2OCc2ccccc2)C(C(=O)OC)=C1C. The smallest absolute Gasteiger partial charge is 0.340 e. The van der Waals surface area contributed by atoms with E-state index in [0.717, 1.165) is 24.0 Å². The van der Waals surface area contributed by atoms with Crippen molar-refractivity contribution in [1.82, 2.24) is 4.90 Å². The Bertz CT molecular complexity index is 976. The Kier molecular flexibility index (Phi) is 7.07. The van der Waals surface area contributed by atoms with Gasteiger partial charge in [0, 0.05) is 17.8 Å². The molecule has 0 N–H and O–H groups in total. The molecule has 156 valence electrons. The summed E-state index contributed by atoms with van der Waals surface area (Å²) in [4.78, 5) is 27.2. The molecule has 0 radical (unpaired) electrons. The molecule has 3 rings (SSSR count). The Labute approximate surface area is 177 Å². The molecule has 0 spiro atoms. The van der Waals surface area contributed by atoms with Crippen molar-refractivity contribution in [2.75, 3.05) is 13.7 Å². The second kappa shape index (κ2) is 9.92. The van der Waals surface area contributed by atoms with Gasteiger partial charge in [-0.3, -0.25) is 4.79 Å². The minimum Gasteiger partial charge on any atom is -0.488 e. The third kappa shape index (κ3) is 4.62. The molecule has 0 aliphatic carbocycles. The maximum absolute atomic E-state index is 13.1. The first-order valence-electron chi connectivity index (χ1n) is 10.2. The van der Waals surface area contributed by atoms with Crippen LogP contribution in [0.15, 0.2) is 71.4 Å². The normalized spacial score (nSPS) is 15.1. The van der Waals surface area contributed by atoms with Crippen LogP contribution in [0, 0.1) is 0 Å². The van der Waals surface area contributed by atoms with Gasteiger partial charge in [-0.25, -0.2) is 4.79 Å². The molecule has 0 saturated carbocycles. The van der Waals surface area contributed by atoms with Crippen LogP contribution in [0.4, 0.5) is 0 Å². The van der Waals surface area contributed by atoms with Crippen molar-refractivity contribution >= 4 is 18.0 Å². The maximum Gasteiger partial charge on any atom is 0.340 e. The number of hydrogen-bond acceptors (Lipinski definition) is 4. The number of carbonyl (C=O) groups excluding carboxylic acids is 2. The van der Waals surface area contributed by atoms with Crippen LogP contribution in [-0.2, 0) is 20.9 Å². The Morgan fingerprint density at radius 3 is 2.47 bits per heavy atom. The monoisotopic (exact) mass is 405 g/mol. The second-order valence-corrected chi connectivity index (χ2v) is 7.13. The highest BCUT2D eigenvalue weighted by Gasteiger charge is 2.36. The summed E-state index contributed by atoms with van der Waals surface area (Å²) in [5.41, 5.74) is 3.08. The third-order valence-corrected chi connectivity index (χ3v) is 5.09. The molecule has 1 amide bonds. The molecule has 5 heteroatoms. The molecule has 1 heterocycles. The first kappa shape index (κ1) is 21.4. The molecule has 1 aliphatic heterocycles. The van der Waals surface area contributed by atoms with Gasteiger partial charge in [0.05, 0.1) is 18.3 Å². The predicted octanol–water partition coefficient (Wildman–Crippen LogP) is 4.74. The Morgan fingerprint density at radius 2 is 1.77 bits per heavy atom. The van der Waals surface area contributed by atoms with Crippen LogP contribution in [0.5, 0.6) is 5.75 Å². The number of methoxy groups -OCH3 is 1. The number of allylic oxidation sites excluding steroid dienone is 1. The van der Waals surface area contributed by atoms with Crippen molar-refractivity contribution in [2.24, 2.45) is 0 Å². The molecule has 5 nitrogen and oxygen atoms in total. The summed E-state index contributed by atoms with van der Waals surface area (Å²) in [5, 5.41) is 0. The fourth-order valence-electron chi connectivity index (χ4n) is 3.44. The van der Waals surface area contributed by atoms with Crippen molar-refractivity contribution in [3.05, 3.63) is 82.6 Å². The zero-order valence-corrected chi connectivity index (χ0v) is 17.7. The number of benzene rings is 2. The minimum atomic E-state index is -0.506. The maximum atomic E-state index is 13.1. The van der Waals surface area contributed by atoms with Crippen LogP contribution >= 0.6 is 0 Å². The van der Waals surface area contributed by atoms with E-state index in [1.807, 2.05) is 54.6 Å². The zero-order valence-electron chi connectivity index (χ0n) is 17.7. The molecule has 2 aromatic rings. The first-order valence-corrected chi connectivity index (χ1v) is 10.2. The van der Waals surface area contributed by atoms with E-state index >= 15 is 0 Å². The van der Waals surface area contributed by atoms with Gasteiger partial charge in [0.2, 0.25) is 0 Å². The average molecular weight is 405 g/mol. The molecule has 0 aromatic heterocycles. The average Bonchev–Trinajstić information content (AvgIpc) is 3.01. The summed E-state index contributed by atoms with van der Waals surface area (Å²) in [6, 6.07) is 17.4. The van der Waals surface area contributed by atoms with Gasteiger partial charge in [-0.2, -0.15) is 0 Å². The molecule has 0 unspecified atom stereocenters. The number of hydrogen-bond donors (Lipinski definition) is 0. The number of amides is 1. The van der Waals surface area contributed by atoms with Crippen LogP contribution in [0.2, 0.25) is 0 Å². The molecule has 0 atom stereocenters. The lowest BCUT2D eigenvalue weighted by molar-refractivity contribution is -0.136. The van der Waals surface area contributed by atoms with Gasteiger partial charge in [0.15, 0.2) is 0 Å². The van der Waals surface area contributed by atoms with Gasteiger partial charge < -0.3 is 14.4 Å². The second-order valence-electron chi connectivity index (χ2n) is 7.13. The highest BCUT2D eigenvalue weighted by atomic mass is 16.5. The van der Waals surface area contributed by atoms with Crippen LogP contribution in [0.25, 0.3) is 6.08 Å². The number of ether oxygens (including phenoxy) is 2. The van der Waals surface area contributed by atoms with Gasteiger partial charge in [-0.15, -0.1) is 0 Å². The topological polar surface area (TPSA) is 55.8 Å². The van der Waals surface area contributed by atoms with Crippen LogP contribution in [0.1, 0.15) is 37.8 Å². The highest BCUT2D eigenvalue weighted by Crippen LogP contribution is 2.33. The van der Waals surface area contributed by atoms with Crippen LogP contribution < -0.4 is 4.74 Å². The quantitative estimate of drug-likeness (QED) is 0.470.